The fourth-order valence-electron chi connectivity index (χ4n) is 1.33. The zero-order chi connectivity index (χ0) is 14.8. The summed E-state index contributed by atoms with van der Waals surface area (Å²) >= 11 is 0. The van der Waals surface area contributed by atoms with Gasteiger partial charge in [0.2, 0.25) is 0 Å². The molecule has 1 aromatic carbocycles. The highest BCUT2D eigenvalue weighted by molar-refractivity contribution is 7.31. The first-order valence-electron chi connectivity index (χ1n) is 5.80. The van der Waals surface area contributed by atoms with Gasteiger partial charge >= 0.3 is 6.09 Å². The number of carbonyl (C=O) groups excluding carboxylic acids is 1. The van der Waals surface area contributed by atoms with Gasteiger partial charge in [0.25, 0.3) is 5.09 Å². The van der Waals surface area contributed by atoms with Crippen molar-refractivity contribution in [1.82, 2.24) is 5.32 Å². The third-order valence-electron chi connectivity index (χ3n) is 2.18. The van der Waals surface area contributed by atoms with Crippen molar-refractivity contribution in [2.75, 3.05) is 12.7 Å². The van der Waals surface area contributed by atoms with Crippen LogP contribution in [0.2, 0.25) is 0 Å². The van der Waals surface area contributed by atoms with Crippen LogP contribution in [-0.2, 0) is 11.4 Å². The van der Waals surface area contributed by atoms with Crippen LogP contribution in [0.4, 0.5) is 4.79 Å². The molecule has 110 valence electrons. The van der Waals surface area contributed by atoms with Gasteiger partial charge in [0.15, 0.2) is 0 Å². The molecule has 0 aliphatic heterocycles. The normalized spacial score (nSPS) is 10.4. The molecule has 0 spiro atoms. The molecule has 1 amide bonds. The number of carbonyl (C=O) groups is 1. The molecule has 1 unspecified atom stereocenters. The molecule has 1 aromatic rings. The molecule has 0 saturated heterocycles. The van der Waals surface area contributed by atoms with Crippen molar-refractivity contribution in [1.29, 1.82) is 0 Å². The van der Waals surface area contributed by atoms with Gasteiger partial charge in [0, 0.05) is 15.4 Å². The van der Waals surface area contributed by atoms with Gasteiger partial charge in [0.1, 0.15) is 12.4 Å². The predicted molar refractivity (Wildman–Crippen MR) is 72.3 cm³/mol. The van der Waals surface area contributed by atoms with Gasteiger partial charge in [0.05, 0.1) is 0 Å². The van der Waals surface area contributed by atoms with E-state index in [2.05, 4.69) is 10.2 Å². The van der Waals surface area contributed by atoms with Gasteiger partial charge in [-0.25, -0.2) is 4.79 Å². The van der Waals surface area contributed by atoms with E-state index in [0.717, 1.165) is 0 Å². The summed E-state index contributed by atoms with van der Waals surface area (Å²) in [4.78, 5) is 34.3. The predicted octanol–water partition coefficient (Wildman–Crippen LogP) is 1.46. The van der Waals surface area contributed by atoms with Crippen LogP contribution in [0, 0.1) is 10.1 Å². The van der Waals surface area contributed by atoms with Gasteiger partial charge < -0.3 is 19.8 Å². The molecule has 0 aliphatic carbocycles. The van der Waals surface area contributed by atoms with Crippen LogP contribution < -0.4 is 10.1 Å². The highest BCUT2D eigenvalue weighted by atomic mass is 31.1. The molecule has 0 saturated carbocycles. The fourth-order valence-corrected chi connectivity index (χ4v) is 1.66. The maximum atomic E-state index is 11.4. The van der Waals surface area contributed by atoms with E-state index in [1.54, 1.807) is 18.2 Å². The summed E-state index contributed by atoms with van der Waals surface area (Å²) in [7, 11) is -0.131. The smallest absolute Gasteiger partial charge is 0.410 e. The third-order valence-corrected chi connectivity index (χ3v) is 2.76. The minimum Gasteiger partial charge on any atom is -0.410 e. The largest absolute Gasteiger partial charge is 0.412 e. The minimum absolute atomic E-state index is 0.131. The first-order chi connectivity index (χ1) is 9.61. The van der Waals surface area contributed by atoms with Crippen LogP contribution in [0.25, 0.3) is 0 Å². The average molecular weight is 302 g/mol. The second-order valence-corrected chi connectivity index (χ2v) is 4.54. The van der Waals surface area contributed by atoms with Crippen molar-refractivity contribution in [2.24, 2.45) is 0 Å². The van der Waals surface area contributed by atoms with Crippen molar-refractivity contribution in [3.8, 4) is 5.75 Å². The molecule has 9 heteroatoms. The molecule has 2 N–H and O–H groups in total. The lowest BCUT2D eigenvalue weighted by molar-refractivity contribution is -0.763. The zero-order valence-corrected chi connectivity index (χ0v) is 11.6. The zero-order valence-electron chi connectivity index (χ0n) is 10.6. The Bertz CT molecular complexity index is 456. The van der Waals surface area contributed by atoms with E-state index in [9.17, 15) is 14.9 Å². The highest BCUT2D eigenvalue weighted by Gasteiger charge is 2.05. The van der Waals surface area contributed by atoms with Gasteiger partial charge in [-0.1, -0.05) is 12.1 Å². The van der Waals surface area contributed by atoms with Gasteiger partial charge in [-0.2, -0.15) is 0 Å². The Morgan fingerprint density at radius 1 is 1.50 bits per heavy atom. The molecule has 20 heavy (non-hydrogen) atoms. The summed E-state index contributed by atoms with van der Waals surface area (Å²) < 4.78 is 5.01. The Hall–Kier alpha value is -1.92. The average Bonchev–Trinajstić information content (AvgIpc) is 2.42. The first kappa shape index (κ1) is 16.1. The Morgan fingerprint density at radius 2 is 2.30 bits per heavy atom. The monoisotopic (exact) mass is 302 g/mol. The first-order valence-corrected chi connectivity index (χ1v) is 6.96. The summed E-state index contributed by atoms with van der Waals surface area (Å²) in [6.45, 7) is 0.208. The summed E-state index contributed by atoms with van der Waals surface area (Å²) in [6.07, 6.45) is 0.688. The number of nitrogens with zero attached hydrogens (tertiary/aromatic N) is 1. The third kappa shape index (κ3) is 6.86. The van der Waals surface area contributed by atoms with Crippen molar-refractivity contribution < 1.29 is 24.3 Å². The van der Waals surface area contributed by atoms with Crippen LogP contribution in [0.3, 0.4) is 0 Å². The lowest BCUT2D eigenvalue weighted by atomic mass is 10.2. The lowest BCUT2D eigenvalue weighted by Gasteiger charge is -2.07. The van der Waals surface area contributed by atoms with E-state index in [0.29, 0.717) is 24.7 Å². The van der Waals surface area contributed by atoms with E-state index in [1.165, 1.54) is 6.07 Å². The molecule has 1 rings (SSSR count). The van der Waals surface area contributed by atoms with Crippen LogP contribution in [0.5, 0.6) is 5.75 Å². The summed E-state index contributed by atoms with van der Waals surface area (Å²) in [6, 6.07) is 6.27. The summed E-state index contributed by atoms with van der Waals surface area (Å²) in [5.41, 5.74) is 0.522. The molecular weight excluding hydrogens is 287 g/mol. The second kappa shape index (κ2) is 9.06. The van der Waals surface area contributed by atoms with E-state index in [4.69, 9.17) is 9.63 Å². The van der Waals surface area contributed by atoms with Gasteiger partial charge in [-0.3, -0.25) is 0 Å². The van der Waals surface area contributed by atoms with Crippen molar-refractivity contribution in [3.63, 3.8) is 0 Å². The number of hydrogen-bond acceptors (Lipinski definition) is 6. The van der Waals surface area contributed by atoms with Gasteiger partial charge in [-0.15, -0.1) is 10.1 Å². The summed E-state index contributed by atoms with van der Waals surface area (Å²) in [5.74, 6) is 0.274. The number of nitrogens with one attached hydrogen (secondary N) is 1. The Labute approximate surface area is 117 Å². The molecule has 1 atom stereocenters. The standard InChI is InChI=1S/C11H15N2O6P/c14-11(12-5-2-6-20-17)19-10-4-1-3-9(7-10)8-18-13(15)16/h1,3-4,7,17,20H,2,5-6,8H2,(H,12,14). The minimum atomic E-state index is -0.887. The number of hydrogen-bond donors (Lipinski definition) is 2. The van der Waals surface area contributed by atoms with E-state index in [-0.39, 0.29) is 21.2 Å². The van der Waals surface area contributed by atoms with Crippen molar-refractivity contribution in [2.45, 2.75) is 13.0 Å². The van der Waals surface area contributed by atoms with E-state index in [1.807, 2.05) is 0 Å². The number of ether oxygens (including phenoxy) is 1. The molecule has 0 bridgehead atoms. The molecule has 0 radical (unpaired) electrons. The second-order valence-electron chi connectivity index (χ2n) is 3.72. The Kier molecular flexibility index (Phi) is 7.31. The SMILES string of the molecule is O=C(NCCCPO)Oc1cccc(CO[N+](=O)[O-])c1. The van der Waals surface area contributed by atoms with Crippen LogP contribution in [0.1, 0.15) is 12.0 Å². The maximum absolute atomic E-state index is 11.4. The molecule has 8 nitrogen and oxygen atoms in total. The molecule has 0 aromatic heterocycles. The summed E-state index contributed by atoms with van der Waals surface area (Å²) in [5, 5.41) is 11.7. The number of amides is 1. The Balaban J connectivity index is 2.40. The quantitative estimate of drug-likeness (QED) is 0.325. The number of benzene rings is 1. The maximum Gasteiger partial charge on any atom is 0.412 e. The van der Waals surface area contributed by atoms with E-state index < -0.39 is 11.2 Å². The van der Waals surface area contributed by atoms with Gasteiger partial charge in [-0.05, 0) is 30.3 Å². The molecule has 0 fully saturated rings. The van der Waals surface area contributed by atoms with Crippen molar-refractivity contribution in [3.05, 3.63) is 39.9 Å². The topological polar surface area (TPSA) is 111 Å². The van der Waals surface area contributed by atoms with Crippen LogP contribution in [-0.4, -0.2) is 28.8 Å². The molecule has 0 aliphatic rings. The molecule has 0 heterocycles. The van der Waals surface area contributed by atoms with Crippen LogP contribution >= 0.6 is 8.81 Å². The Morgan fingerprint density at radius 3 is 3.00 bits per heavy atom. The van der Waals surface area contributed by atoms with E-state index >= 15 is 0 Å². The van der Waals surface area contributed by atoms with Crippen LogP contribution in [0.15, 0.2) is 24.3 Å². The molecular formula is C11H15N2O6P. The number of rotatable bonds is 8. The highest BCUT2D eigenvalue weighted by Crippen LogP contribution is 2.14. The lowest BCUT2D eigenvalue weighted by Crippen LogP contribution is -2.28. The fraction of sp³-hybridized carbons (Fsp3) is 0.364. The van der Waals surface area contributed by atoms with Crippen molar-refractivity contribution >= 4 is 14.9 Å².